The van der Waals surface area contributed by atoms with Crippen LogP contribution in [-0.2, 0) is 38.0 Å². The Morgan fingerprint density at radius 1 is 1.22 bits per heavy atom. The number of ether oxygens (including phenoxy) is 7. The molecule has 0 aromatic heterocycles. The van der Waals surface area contributed by atoms with Crippen LogP contribution in [0, 0.1) is 11.3 Å². The first-order valence-corrected chi connectivity index (χ1v) is 12.4. The van der Waals surface area contributed by atoms with Crippen LogP contribution >= 0.6 is 0 Å². The van der Waals surface area contributed by atoms with Crippen molar-refractivity contribution in [3.63, 3.8) is 0 Å². The zero-order chi connectivity index (χ0) is 26.8. The number of hydrogen-bond donors (Lipinski definition) is 3. The van der Waals surface area contributed by atoms with Crippen LogP contribution < -0.4 is 5.32 Å². The molecule has 208 valence electrons. The minimum atomic E-state index is -1.65. The first kappa shape index (κ1) is 29.4. The molecule has 3 aliphatic rings. The number of hydrogen-bond acceptors (Lipinski definition) is 10. The molecule has 0 saturated carbocycles. The number of carbonyl (C=O) groups is 1. The maximum absolute atomic E-state index is 13.3. The molecule has 3 fully saturated rings. The van der Waals surface area contributed by atoms with E-state index in [0.717, 1.165) is 5.57 Å². The van der Waals surface area contributed by atoms with Crippen molar-refractivity contribution in [2.24, 2.45) is 11.3 Å². The topological polar surface area (TPSA) is 134 Å². The van der Waals surface area contributed by atoms with Gasteiger partial charge in [0.05, 0.1) is 31.0 Å². The maximum Gasteiger partial charge on any atom is 0.256 e. The van der Waals surface area contributed by atoms with E-state index in [1.807, 2.05) is 27.7 Å². The Morgan fingerprint density at radius 3 is 2.47 bits per heavy atom. The average Bonchev–Trinajstić information content (AvgIpc) is 2.85. The normalized spacial score (nSPS) is 40.2. The molecule has 3 saturated heterocycles. The zero-order valence-electron chi connectivity index (χ0n) is 22.4. The number of aliphatic hydroxyl groups is 2. The number of rotatable bonds is 9. The van der Waals surface area contributed by atoms with E-state index in [2.05, 4.69) is 11.9 Å². The van der Waals surface area contributed by atoms with E-state index in [1.54, 1.807) is 7.11 Å². The monoisotopic (exact) mass is 517 g/mol. The van der Waals surface area contributed by atoms with Crippen molar-refractivity contribution in [3.8, 4) is 0 Å². The fourth-order valence-corrected chi connectivity index (χ4v) is 5.42. The van der Waals surface area contributed by atoms with Gasteiger partial charge in [0.15, 0.2) is 12.3 Å². The minimum Gasteiger partial charge on any atom is -0.394 e. The van der Waals surface area contributed by atoms with Gasteiger partial charge in [0.25, 0.3) is 5.91 Å². The fraction of sp³-hybridized carbons (Fsp3) is 0.880. The molecule has 3 heterocycles. The standard InChI is InChI=1S/C25H43NO10/c1-13-10-25(32-8,36-15(3)14(13)2)20(28)22(29)26-23-19-18(33-12-34-23)21(31-7)24(4,5)17(35-19)9-16(11-27)30-6/h14-21,23,27-28H,1,9-12H2,2-8H3,(H,26,29)/t14-,15-,16+,17?,18+,19+,20-,21-,23+,25-/m1/s1. The van der Waals surface area contributed by atoms with Gasteiger partial charge in [-0.15, -0.1) is 0 Å². The molecule has 0 aromatic rings. The van der Waals surface area contributed by atoms with Gasteiger partial charge >= 0.3 is 0 Å². The first-order valence-electron chi connectivity index (χ1n) is 12.4. The van der Waals surface area contributed by atoms with E-state index in [9.17, 15) is 15.0 Å². The van der Waals surface area contributed by atoms with Crippen molar-refractivity contribution < 1.29 is 48.2 Å². The van der Waals surface area contributed by atoms with Gasteiger partial charge in [0, 0.05) is 45.5 Å². The van der Waals surface area contributed by atoms with Gasteiger partial charge in [-0.25, -0.2) is 0 Å². The summed E-state index contributed by atoms with van der Waals surface area (Å²) in [6, 6.07) is 0. The summed E-state index contributed by atoms with van der Waals surface area (Å²) in [6.07, 6.45) is -4.86. The Kier molecular flexibility index (Phi) is 9.57. The molecule has 1 amide bonds. The highest BCUT2D eigenvalue weighted by atomic mass is 16.7. The summed E-state index contributed by atoms with van der Waals surface area (Å²) in [5.41, 5.74) is 0.321. The third kappa shape index (κ3) is 5.50. The van der Waals surface area contributed by atoms with E-state index >= 15 is 0 Å². The average molecular weight is 518 g/mol. The SMILES string of the molecule is C=C1C[C@](OC)([C@H](O)C(=O)N[C@H]2OCO[C@H]3[C@@H]2OC(C[C@@H](CO)OC)C(C)(C)[C@@H]3OC)O[C@H](C)[C@@H]1C. The molecule has 3 rings (SSSR count). The summed E-state index contributed by atoms with van der Waals surface area (Å²) >= 11 is 0. The second-order valence-electron chi connectivity index (χ2n) is 10.6. The summed E-state index contributed by atoms with van der Waals surface area (Å²) in [5.74, 6) is -2.25. The van der Waals surface area contributed by atoms with Gasteiger partial charge in [-0.2, -0.15) is 0 Å². The minimum absolute atomic E-state index is 0.0554. The van der Waals surface area contributed by atoms with Crippen molar-refractivity contribution in [3.05, 3.63) is 12.2 Å². The van der Waals surface area contributed by atoms with Crippen LogP contribution in [0.5, 0.6) is 0 Å². The quantitative estimate of drug-likeness (QED) is 0.376. The maximum atomic E-state index is 13.3. The van der Waals surface area contributed by atoms with Crippen LogP contribution in [-0.4, -0.2) is 106 Å². The van der Waals surface area contributed by atoms with Crippen molar-refractivity contribution in [2.75, 3.05) is 34.7 Å². The second-order valence-corrected chi connectivity index (χ2v) is 10.6. The fourth-order valence-electron chi connectivity index (χ4n) is 5.42. The highest BCUT2D eigenvalue weighted by Gasteiger charge is 2.57. The highest BCUT2D eigenvalue weighted by molar-refractivity contribution is 5.82. The van der Waals surface area contributed by atoms with E-state index in [4.69, 9.17) is 33.2 Å². The highest BCUT2D eigenvalue weighted by Crippen LogP contribution is 2.44. The molecule has 0 aromatic carbocycles. The molecular weight excluding hydrogens is 474 g/mol. The first-order chi connectivity index (χ1) is 16.9. The predicted molar refractivity (Wildman–Crippen MR) is 128 cm³/mol. The summed E-state index contributed by atoms with van der Waals surface area (Å²) in [4.78, 5) is 13.3. The number of amides is 1. The van der Waals surface area contributed by atoms with E-state index in [-0.39, 0.29) is 31.8 Å². The largest absolute Gasteiger partial charge is 0.394 e. The van der Waals surface area contributed by atoms with Gasteiger partial charge in [0.1, 0.15) is 19.0 Å². The molecule has 3 N–H and O–H groups in total. The molecule has 11 heteroatoms. The van der Waals surface area contributed by atoms with E-state index < -0.39 is 60.0 Å². The number of carbonyl (C=O) groups excluding carboxylic acids is 1. The van der Waals surface area contributed by atoms with Crippen LogP contribution in [0.4, 0.5) is 0 Å². The van der Waals surface area contributed by atoms with Gasteiger partial charge in [0.2, 0.25) is 5.79 Å². The van der Waals surface area contributed by atoms with Crippen LogP contribution in [0.1, 0.15) is 40.5 Å². The van der Waals surface area contributed by atoms with Crippen molar-refractivity contribution in [1.29, 1.82) is 0 Å². The van der Waals surface area contributed by atoms with E-state index in [0.29, 0.717) is 6.42 Å². The third-order valence-electron chi connectivity index (χ3n) is 8.08. The summed E-state index contributed by atoms with van der Waals surface area (Å²) < 4.78 is 40.7. The summed E-state index contributed by atoms with van der Waals surface area (Å²) in [7, 11) is 4.51. The predicted octanol–water partition coefficient (Wildman–Crippen LogP) is 0.712. The Morgan fingerprint density at radius 2 is 1.92 bits per heavy atom. The van der Waals surface area contributed by atoms with Gasteiger partial charge in [-0.1, -0.05) is 32.9 Å². The smallest absolute Gasteiger partial charge is 0.256 e. The van der Waals surface area contributed by atoms with E-state index in [1.165, 1.54) is 14.2 Å². The Balaban J connectivity index is 1.80. The second kappa shape index (κ2) is 11.7. The van der Waals surface area contributed by atoms with Crippen molar-refractivity contribution in [1.82, 2.24) is 5.32 Å². The van der Waals surface area contributed by atoms with Crippen LogP contribution in [0.3, 0.4) is 0 Å². The molecule has 3 aliphatic heterocycles. The van der Waals surface area contributed by atoms with Gasteiger partial charge < -0.3 is 48.7 Å². The Hall–Kier alpha value is -1.15. The van der Waals surface area contributed by atoms with Crippen LogP contribution in [0.25, 0.3) is 0 Å². The zero-order valence-corrected chi connectivity index (χ0v) is 22.4. The van der Waals surface area contributed by atoms with Crippen LogP contribution in [0.15, 0.2) is 12.2 Å². The van der Waals surface area contributed by atoms with Gasteiger partial charge in [-0.05, 0) is 6.92 Å². The molecular formula is C25H43NO10. The lowest BCUT2D eigenvalue weighted by Gasteiger charge is -2.54. The third-order valence-corrected chi connectivity index (χ3v) is 8.08. The molecule has 36 heavy (non-hydrogen) atoms. The number of methoxy groups -OCH3 is 3. The lowest BCUT2D eigenvalue weighted by molar-refractivity contribution is -0.333. The lowest BCUT2D eigenvalue weighted by atomic mass is 9.72. The molecule has 0 spiro atoms. The lowest BCUT2D eigenvalue weighted by Crippen LogP contribution is -2.69. The summed E-state index contributed by atoms with van der Waals surface area (Å²) in [5, 5.41) is 23.5. The number of aliphatic hydroxyl groups excluding tert-OH is 2. The molecule has 1 unspecified atom stereocenters. The molecule has 0 aliphatic carbocycles. The van der Waals surface area contributed by atoms with Crippen molar-refractivity contribution in [2.45, 2.75) is 95.3 Å². The molecule has 11 nitrogen and oxygen atoms in total. The summed E-state index contributed by atoms with van der Waals surface area (Å²) in [6.45, 7) is 11.6. The van der Waals surface area contributed by atoms with Gasteiger partial charge in [-0.3, -0.25) is 4.79 Å². The number of nitrogens with one attached hydrogen (secondary N) is 1. The Bertz CT molecular complexity index is 774. The van der Waals surface area contributed by atoms with Crippen molar-refractivity contribution >= 4 is 5.91 Å². The molecule has 0 radical (unpaired) electrons. The molecule has 10 atom stereocenters. The van der Waals surface area contributed by atoms with Crippen LogP contribution in [0.2, 0.25) is 0 Å². The Labute approximate surface area is 213 Å². The molecule has 0 bridgehead atoms. The number of fused-ring (bicyclic) bond motifs is 1.